The highest BCUT2D eigenvalue weighted by Gasteiger charge is 2.36. The fraction of sp³-hybridized carbons (Fsp3) is 0.400. The third-order valence-electron chi connectivity index (χ3n) is 5.11. The minimum atomic E-state index is -0.741. The molecule has 1 saturated heterocycles. The van der Waals surface area contributed by atoms with Crippen molar-refractivity contribution in [1.29, 1.82) is 0 Å². The van der Waals surface area contributed by atoms with E-state index in [1.807, 2.05) is 60.7 Å². The summed E-state index contributed by atoms with van der Waals surface area (Å²) in [6.45, 7) is 3.64. The molecule has 0 amide bonds. The van der Waals surface area contributed by atoms with E-state index in [0.29, 0.717) is 12.8 Å². The number of aliphatic hydroxyl groups is 2. The van der Waals surface area contributed by atoms with Crippen molar-refractivity contribution < 1.29 is 10.2 Å². The number of rotatable bonds is 4. The van der Waals surface area contributed by atoms with E-state index in [1.165, 1.54) is 0 Å². The maximum Gasteiger partial charge on any atom is 0.0942 e. The first-order chi connectivity index (χ1) is 11.1. The van der Waals surface area contributed by atoms with Crippen molar-refractivity contribution in [3.63, 3.8) is 0 Å². The fourth-order valence-electron chi connectivity index (χ4n) is 3.47. The lowest BCUT2D eigenvalue weighted by Crippen LogP contribution is -2.47. The maximum atomic E-state index is 10.9. The predicted octanol–water partition coefficient (Wildman–Crippen LogP) is 3.09. The molecule has 23 heavy (non-hydrogen) atoms. The molecule has 122 valence electrons. The Morgan fingerprint density at radius 3 is 2.00 bits per heavy atom. The summed E-state index contributed by atoms with van der Waals surface area (Å²) in [6, 6.07) is 19.8. The molecule has 2 aromatic carbocycles. The van der Waals surface area contributed by atoms with Gasteiger partial charge in [0.25, 0.3) is 0 Å². The summed E-state index contributed by atoms with van der Waals surface area (Å²) in [4.78, 5) is 2.27. The Hall–Kier alpha value is -1.68. The number of likely N-dealkylation sites (tertiary alicyclic amines) is 1. The second-order valence-electron chi connectivity index (χ2n) is 6.53. The third-order valence-corrected chi connectivity index (χ3v) is 5.11. The molecule has 2 atom stereocenters. The number of benzene rings is 2. The molecular formula is C20H25NO2. The van der Waals surface area contributed by atoms with Crippen molar-refractivity contribution in [3.05, 3.63) is 71.8 Å². The molecule has 0 spiro atoms. The summed E-state index contributed by atoms with van der Waals surface area (Å²) in [5.41, 5.74) is 1.20. The number of aliphatic hydroxyl groups excluding tert-OH is 1. The second kappa shape index (κ2) is 6.83. The quantitative estimate of drug-likeness (QED) is 0.912. The number of nitrogens with zero attached hydrogens (tertiary/aromatic N) is 1. The molecule has 0 bridgehead atoms. The van der Waals surface area contributed by atoms with Crippen molar-refractivity contribution in [1.82, 2.24) is 4.90 Å². The van der Waals surface area contributed by atoms with Gasteiger partial charge in [-0.1, -0.05) is 60.7 Å². The predicted molar refractivity (Wildman–Crippen MR) is 92.0 cm³/mol. The van der Waals surface area contributed by atoms with E-state index in [1.54, 1.807) is 0 Å². The van der Waals surface area contributed by atoms with E-state index in [2.05, 4.69) is 11.8 Å². The Bertz CT molecular complexity index is 606. The van der Waals surface area contributed by atoms with Gasteiger partial charge in [0.2, 0.25) is 0 Å². The van der Waals surface area contributed by atoms with Gasteiger partial charge in [-0.3, -0.25) is 4.90 Å². The summed E-state index contributed by atoms with van der Waals surface area (Å²) < 4.78 is 0. The molecule has 0 aliphatic carbocycles. The van der Waals surface area contributed by atoms with Crippen LogP contribution in [0.15, 0.2) is 60.7 Å². The molecule has 1 aliphatic rings. The summed E-state index contributed by atoms with van der Waals surface area (Å²) >= 11 is 0. The lowest BCUT2D eigenvalue weighted by atomic mass is 9.83. The van der Waals surface area contributed by atoms with Gasteiger partial charge in [-0.25, -0.2) is 0 Å². The molecule has 1 aliphatic heterocycles. The zero-order valence-corrected chi connectivity index (χ0v) is 13.6. The zero-order valence-electron chi connectivity index (χ0n) is 13.6. The fourth-order valence-corrected chi connectivity index (χ4v) is 3.47. The molecule has 1 unspecified atom stereocenters. The van der Waals surface area contributed by atoms with Gasteiger partial charge in [-0.2, -0.15) is 0 Å². The maximum absolute atomic E-state index is 10.9. The Morgan fingerprint density at radius 2 is 1.43 bits per heavy atom. The molecule has 3 heteroatoms. The molecule has 3 rings (SSSR count). The van der Waals surface area contributed by atoms with E-state index in [0.717, 1.165) is 24.2 Å². The Kier molecular flexibility index (Phi) is 4.81. The van der Waals surface area contributed by atoms with Gasteiger partial charge < -0.3 is 10.2 Å². The summed E-state index contributed by atoms with van der Waals surface area (Å²) in [5, 5.41) is 21.5. The van der Waals surface area contributed by atoms with Crippen molar-refractivity contribution in [2.45, 2.75) is 37.5 Å². The molecule has 1 fully saturated rings. The highest BCUT2D eigenvalue weighted by molar-refractivity contribution is 5.23. The van der Waals surface area contributed by atoms with E-state index >= 15 is 0 Å². The average molecular weight is 311 g/mol. The minimum Gasteiger partial charge on any atom is -0.387 e. The molecule has 2 N–H and O–H groups in total. The smallest absolute Gasteiger partial charge is 0.0942 e. The summed E-state index contributed by atoms with van der Waals surface area (Å²) in [6.07, 6.45) is 0.894. The van der Waals surface area contributed by atoms with Gasteiger partial charge >= 0.3 is 0 Å². The highest BCUT2D eigenvalue weighted by Crippen LogP contribution is 2.34. The van der Waals surface area contributed by atoms with Crippen LogP contribution in [0, 0.1) is 0 Å². The van der Waals surface area contributed by atoms with Crippen LogP contribution in [-0.2, 0) is 5.60 Å². The molecule has 2 aromatic rings. The van der Waals surface area contributed by atoms with Crippen molar-refractivity contribution in [3.8, 4) is 0 Å². The van der Waals surface area contributed by atoms with Crippen LogP contribution < -0.4 is 0 Å². The van der Waals surface area contributed by atoms with Gasteiger partial charge in [0.15, 0.2) is 0 Å². The van der Waals surface area contributed by atoms with E-state index in [9.17, 15) is 10.2 Å². The van der Waals surface area contributed by atoms with E-state index in [4.69, 9.17) is 0 Å². The Morgan fingerprint density at radius 1 is 0.913 bits per heavy atom. The first-order valence-electron chi connectivity index (χ1n) is 8.35. The SMILES string of the molecule is C[C@@H](C(O)c1ccccc1)N1CCC(O)(c2ccccc2)CC1. The van der Waals surface area contributed by atoms with Crippen LogP contribution in [-0.4, -0.2) is 34.2 Å². The van der Waals surface area contributed by atoms with E-state index in [-0.39, 0.29) is 6.04 Å². The normalized spacial score (nSPS) is 20.8. The summed E-state index contributed by atoms with van der Waals surface area (Å²) in [7, 11) is 0. The van der Waals surface area contributed by atoms with Crippen LogP contribution in [0.2, 0.25) is 0 Å². The standard InChI is InChI=1S/C20H25NO2/c1-16(19(22)17-8-4-2-5-9-17)21-14-12-20(23,13-15-21)18-10-6-3-7-11-18/h2-11,16,19,22-23H,12-15H2,1H3/t16-,19?/m0/s1. The lowest BCUT2D eigenvalue weighted by molar-refractivity contribution is -0.0501. The van der Waals surface area contributed by atoms with Gasteiger partial charge in [0, 0.05) is 19.1 Å². The zero-order chi connectivity index (χ0) is 16.3. The number of piperidine rings is 1. The molecular weight excluding hydrogens is 286 g/mol. The van der Waals surface area contributed by atoms with Gasteiger partial charge in [0.05, 0.1) is 11.7 Å². The monoisotopic (exact) mass is 311 g/mol. The van der Waals surface area contributed by atoms with Crippen LogP contribution in [0.5, 0.6) is 0 Å². The van der Waals surface area contributed by atoms with Crippen LogP contribution in [0.1, 0.15) is 37.0 Å². The molecule has 1 heterocycles. The lowest BCUT2D eigenvalue weighted by Gasteiger charge is -2.42. The third kappa shape index (κ3) is 3.47. The highest BCUT2D eigenvalue weighted by atomic mass is 16.3. The van der Waals surface area contributed by atoms with Gasteiger partial charge in [0.1, 0.15) is 0 Å². The summed E-state index contributed by atoms with van der Waals surface area (Å²) in [5.74, 6) is 0. The van der Waals surface area contributed by atoms with Gasteiger partial charge in [-0.05, 0) is 30.9 Å². The number of hydrogen-bond donors (Lipinski definition) is 2. The van der Waals surface area contributed by atoms with Crippen LogP contribution in [0.4, 0.5) is 0 Å². The second-order valence-corrected chi connectivity index (χ2v) is 6.53. The Labute approximate surface area is 138 Å². The van der Waals surface area contributed by atoms with Crippen molar-refractivity contribution >= 4 is 0 Å². The van der Waals surface area contributed by atoms with E-state index < -0.39 is 11.7 Å². The van der Waals surface area contributed by atoms with Gasteiger partial charge in [-0.15, -0.1) is 0 Å². The van der Waals surface area contributed by atoms with Crippen LogP contribution in [0.3, 0.4) is 0 Å². The molecule has 3 nitrogen and oxygen atoms in total. The molecule has 0 radical (unpaired) electrons. The van der Waals surface area contributed by atoms with Crippen LogP contribution >= 0.6 is 0 Å². The average Bonchev–Trinajstić information content (AvgIpc) is 2.63. The largest absolute Gasteiger partial charge is 0.387 e. The molecule has 0 aromatic heterocycles. The first-order valence-corrected chi connectivity index (χ1v) is 8.35. The topological polar surface area (TPSA) is 43.7 Å². The molecule has 0 saturated carbocycles. The number of hydrogen-bond acceptors (Lipinski definition) is 3. The van der Waals surface area contributed by atoms with Crippen molar-refractivity contribution in [2.24, 2.45) is 0 Å². The minimum absolute atomic E-state index is 0.0396. The van der Waals surface area contributed by atoms with Crippen molar-refractivity contribution in [2.75, 3.05) is 13.1 Å². The van der Waals surface area contributed by atoms with Crippen LogP contribution in [0.25, 0.3) is 0 Å². The Balaban J connectivity index is 1.65. The first kappa shape index (κ1) is 16.2.